The molecule has 0 unspecified atom stereocenters. The first kappa shape index (κ1) is 22.9. The highest BCUT2D eigenvalue weighted by Gasteiger charge is 2.24. The van der Waals surface area contributed by atoms with Crippen LogP contribution < -0.4 is 19.1 Å². The molecule has 1 amide bonds. The molecule has 7 nitrogen and oxygen atoms in total. The number of carbonyl (C=O) groups is 1. The summed E-state index contributed by atoms with van der Waals surface area (Å²) >= 11 is 1.71. The minimum Gasteiger partial charge on any atom is -0.497 e. The van der Waals surface area contributed by atoms with Gasteiger partial charge in [-0.1, -0.05) is 18.2 Å². The van der Waals surface area contributed by atoms with Crippen molar-refractivity contribution in [2.75, 3.05) is 43.6 Å². The van der Waals surface area contributed by atoms with Gasteiger partial charge in [-0.25, -0.2) is 8.42 Å². The fourth-order valence-corrected chi connectivity index (χ4v) is 4.29. The number of hydrogen-bond donors (Lipinski definition) is 1. The van der Waals surface area contributed by atoms with Gasteiger partial charge < -0.3 is 14.8 Å². The lowest BCUT2D eigenvalue weighted by atomic mass is 10.2. The molecule has 2 rings (SSSR count). The van der Waals surface area contributed by atoms with Crippen LogP contribution in [0.2, 0.25) is 0 Å². The Morgan fingerprint density at radius 2 is 1.83 bits per heavy atom. The van der Waals surface area contributed by atoms with Crippen LogP contribution in [-0.4, -0.2) is 53.6 Å². The van der Waals surface area contributed by atoms with E-state index in [1.165, 1.54) is 25.2 Å². The maximum atomic E-state index is 12.4. The standard InChI is InChI=1S/C20H26N2O5S2/c1-26-16-10-11-19(27-2)18(14-16)22(29(3,24)25)15-20(23)21-12-7-13-28-17-8-5-4-6-9-17/h4-6,8-11,14H,7,12-13,15H2,1-3H3,(H,21,23). The molecule has 0 aliphatic carbocycles. The number of nitrogens with zero attached hydrogens (tertiary/aromatic N) is 1. The van der Waals surface area contributed by atoms with Crippen LogP contribution >= 0.6 is 11.8 Å². The van der Waals surface area contributed by atoms with Gasteiger partial charge in [-0.15, -0.1) is 11.8 Å². The van der Waals surface area contributed by atoms with E-state index in [0.717, 1.165) is 22.7 Å². The molecule has 0 aliphatic rings. The van der Waals surface area contributed by atoms with Crippen molar-refractivity contribution in [1.82, 2.24) is 5.32 Å². The molecule has 0 aliphatic heterocycles. The number of sulfonamides is 1. The summed E-state index contributed by atoms with van der Waals surface area (Å²) in [4.78, 5) is 13.5. The van der Waals surface area contributed by atoms with Gasteiger partial charge in [-0.3, -0.25) is 9.10 Å². The monoisotopic (exact) mass is 438 g/mol. The molecule has 2 aromatic carbocycles. The number of rotatable bonds is 11. The molecule has 2 aromatic rings. The molecule has 29 heavy (non-hydrogen) atoms. The summed E-state index contributed by atoms with van der Waals surface area (Å²) in [6.07, 6.45) is 1.82. The predicted octanol–water partition coefficient (Wildman–Crippen LogP) is 2.77. The summed E-state index contributed by atoms with van der Waals surface area (Å²) in [7, 11) is -0.786. The Kier molecular flexibility index (Phi) is 8.66. The van der Waals surface area contributed by atoms with E-state index in [-0.39, 0.29) is 18.1 Å². The van der Waals surface area contributed by atoms with Crippen LogP contribution in [-0.2, 0) is 14.8 Å². The minimum atomic E-state index is -3.71. The second-order valence-corrected chi connectivity index (χ2v) is 9.25. The quantitative estimate of drug-likeness (QED) is 0.429. The summed E-state index contributed by atoms with van der Waals surface area (Å²) in [5.41, 5.74) is 0.254. The van der Waals surface area contributed by atoms with Crippen molar-refractivity contribution in [3.8, 4) is 11.5 Å². The van der Waals surface area contributed by atoms with Crippen LogP contribution in [0.4, 0.5) is 5.69 Å². The fraction of sp³-hybridized carbons (Fsp3) is 0.350. The van der Waals surface area contributed by atoms with Gasteiger partial charge in [-0.05, 0) is 36.4 Å². The van der Waals surface area contributed by atoms with E-state index < -0.39 is 10.0 Å². The highest BCUT2D eigenvalue weighted by molar-refractivity contribution is 7.99. The molecule has 9 heteroatoms. The Bertz CT molecular complexity index is 904. The number of carbonyl (C=O) groups excluding carboxylic acids is 1. The zero-order valence-electron chi connectivity index (χ0n) is 16.8. The molecule has 0 atom stereocenters. The molecule has 0 aromatic heterocycles. The van der Waals surface area contributed by atoms with Gasteiger partial charge in [0.1, 0.15) is 18.0 Å². The smallest absolute Gasteiger partial charge is 0.240 e. The maximum absolute atomic E-state index is 12.4. The lowest BCUT2D eigenvalue weighted by Crippen LogP contribution is -2.40. The average Bonchev–Trinajstić information content (AvgIpc) is 2.71. The molecule has 0 radical (unpaired) electrons. The first-order valence-corrected chi connectivity index (χ1v) is 11.8. The Morgan fingerprint density at radius 1 is 1.10 bits per heavy atom. The summed E-state index contributed by atoms with van der Waals surface area (Å²) < 4.78 is 36.1. The highest BCUT2D eigenvalue weighted by atomic mass is 32.2. The van der Waals surface area contributed by atoms with E-state index in [1.807, 2.05) is 30.3 Å². The van der Waals surface area contributed by atoms with E-state index in [4.69, 9.17) is 9.47 Å². The zero-order valence-corrected chi connectivity index (χ0v) is 18.4. The zero-order chi connectivity index (χ0) is 21.3. The van der Waals surface area contributed by atoms with Crippen molar-refractivity contribution in [2.24, 2.45) is 0 Å². The third-order valence-electron chi connectivity index (χ3n) is 4.00. The average molecular weight is 439 g/mol. The third-order valence-corrected chi connectivity index (χ3v) is 6.22. The second-order valence-electron chi connectivity index (χ2n) is 6.17. The Balaban J connectivity index is 1.96. The minimum absolute atomic E-state index is 0.254. The molecule has 0 saturated heterocycles. The van der Waals surface area contributed by atoms with Gasteiger partial charge in [-0.2, -0.15) is 0 Å². The maximum Gasteiger partial charge on any atom is 0.240 e. The predicted molar refractivity (Wildman–Crippen MR) is 117 cm³/mol. The first-order chi connectivity index (χ1) is 13.8. The number of ether oxygens (including phenoxy) is 2. The SMILES string of the molecule is COc1ccc(OC)c(N(CC(=O)NCCCSc2ccccc2)S(C)(=O)=O)c1. The number of hydrogen-bond acceptors (Lipinski definition) is 6. The fourth-order valence-electron chi connectivity index (χ4n) is 2.57. The molecule has 0 heterocycles. The normalized spacial score (nSPS) is 11.0. The van der Waals surface area contributed by atoms with E-state index in [9.17, 15) is 13.2 Å². The summed E-state index contributed by atoms with van der Waals surface area (Å²) in [5.74, 6) is 1.27. The topological polar surface area (TPSA) is 84.9 Å². The molecule has 0 spiro atoms. The third kappa shape index (κ3) is 7.17. The van der Waals surface area contributed by atoms with Crippen LogP contribution in [0.5, 0.6) is 11.5 Å². The molecule has 0 fully saturated rings. The van der Waals surface area contributed by atoms with Crippen molar-refractivity contribution in [1.29, 1.82) is 0 Å². The van der Waals surface area contributed by atoms with Crippen molar-refractivity contribution < 1.29 is 22.7 Å². The summed E-state index contributed by atoms with van der Waals surface area (Å²) in [5, 5.41) is 2.78. The van der Waals surface area contributed by atoms with Crippen molar-refractivity contribution in [3.63, 3.8) is 0 Å². The molecule has 0 saturated carbocycles. The van der Waals surface area contributed by atoms with Gasteiger partial charge in [0.15, 0.2) is 0 Å². The molecule has 0 bridgehead atoms. The first-order valence-electron chi connectivity index (χ1n) is 8.99. The lowest BCUT2D eigenvalue weighted by molar-refractivity contribution is -0.119. The summed E-state index contributed by atoms with van der Waals surface area (Å²) in [6, 6.07) is 14.8. The number of benzene rings is 2. The Morgan fingerprint density at radius 3 is 2.45 bits per heavy atom. The van der Waals surface area contributed by atoms with Crippen LogP contribution in [0.15, 0.2) is 53.4 Å². The molecule has 1 N–H and O–H groups in total. The number of methoxy groups -OCH3 is 2. The van der Waals surface area contributed by atoms with Crippen LogP contribution in [0.25, 0.3) is 0 Å². The van der Waals surface area contributed by atoms with Crippen LogP contribution in [0.3, 0.4) is 0 Å². The number of anilines is 1. The van der Waals surface area contributed by atoms with Gasteiger partial charge in [0.25, 0.3) is 0 Å². The van der Waals surface area contributed by atoms with Crippen molar-refractivity contribution >= 4 is 33.4 Å². The van der Waals surface area contributed by atoms with Gasteiger partial charge in [0, 0.05) is 17.5 Å². The Labute approximate surface area is 176 Å². The molecular weight excluding hydrogens is 412 g/mol. The summed E-state index contributed by atoms with van der Waals surface area (Å²) in [6.45, 7) is 0.125. The van der Waals surface area contributed by atoms with Crippen LogP contribution in [0, 0.1) is 0 Å². The van der Waals surface area contributed by atoms with Crippen molar-refractivity contribution in [3.05, 3.63) is 48.5 Å². The molecule has 158 valence electrons. The van der Waals surface area contributed by atoms with Crippen molar-refractivity contribution in [2.45, 2.75) is 11.3 Å². The number of thioether (sulfide) groups is 1. The largest absolute Gasteiger partial charge is 0.497 e. The highest BCUT2D eigenvalue weighted by Crippen LogP contribution is 2.33. The van der Waals surface area contributed by atoms with Crippen LogP contribution in [0.1, 0.15) is 6.42 Å². The van der Waals surface area contributed by atoms with Gasteiger partial charge in [0.05, 0.1) is 26.2 Å². The van der Waals surface area contributed by atoms with Gasteiger partial charge >= 0.3 is 0 Å². The lowest BCUT2D eigenvalue weighted by Gasteiger charge is -2.24. The number of amides is 1. The van der Waals surface area contributed by atoms with E-state index in [2.05, 4.69) is 5.32 Å². The van der Waals surface area contributed by atoms with E-state index in [0.29, 0.717) is 18.0 Å². The van der Waals surface area contributed by atoms with Gasteiger partial charge in [0.2, 0.25) is 15.9 Å². The second kappa shape index (κ2) is 11.0. The Hall–Kier alpha value is -2.39. The molecular formula is C20H26N2O5S2. The van der Waals surface area contributed by atoms with E-state index >= 15 is 0 Å². The van der Waals surface area contributed by atoms with E-state index in [1.54, 1.807) is 23.9 Å². The number of nitrogens with one attached hydrogen (secondary N) is 1.